The Bertz CT molecular complexity index is 712. The standard InChI is InChI=1S/C18H21N3O3/c1-24-16-6-4-5-15(13-16)14-19-9-11-20(12-10-19)18(22)17-7-2-3-8-21(17)23/h2-8,13H,9-12,14H2,1H3. The minimum atomic E-state index is -0.202. The van der Waals surface area contributed by atoms with Crippen molar-refractivity contribution < 1.29 is 14.3 Å². The highest BCUT2D eigenvalue weighted by Crippen LogP contribution is 2.15. The molecule has 24 heavy (non-hydrogen) atoms. The fourth-order valence-electron chi connectivity index (χ4n) is 2.89. The average molecular weight is 327 g/mol. The second kappa shape index (κ2) is 7.31. The number of aromatic nitrogens is 1. The molecule has 126 valence electrons. The number of pyridine rings is 1. The number of carbonyl (C=O) groups is 1. The smallest absolute Gasteiger partial charge is 0.320 e. The maximum atomic E-state index is 12.4. The number of benzene rings is 1. The maximum Gasteiger partial charge on any atom is 0.320 e. The molecule has 2 heterocycles. The molecular formula is C18H21N3O3. The van der Waals surface area contributed by atoms with Crippen molar-refractivity contribution in [2.24, 2.45) is 0 Å². The van der Waals surface area contributed by atoms with E-state index in [1.165, 1.54) is 11.8 Å². The topological polar surface area (TPSA) is 59.7 Å². The van der Waals surface area contributed by atoms with Crippen molar-refractivity contribution in [3.63, 3.8) is 0 Å². The minimum absolute atomic E-state index is 0.179. The van der Waals surface area contributed by atoms with E-state index < -0.39 is 0 Å². The van der Waals surface area contributed by atoms with Crippen LogP contribution in [0.25, 0.3) is 0 Å². The van der Waals surface area contributed by atoms with Crippen LogP contribution < -0.4 is 9.47 Å². The molecule has 6 nitrogen and oxygen atoms in total. The fraction of sp³-hybridized carbons (Fsp3) is 0.333. The highest BCUT2D eigenvalue weighted by atomic mass is 16.5. The molecule has 1 aliphatic heterocycles. The second-order valence-corrected chi connectivity index (χ2v) is 5.83. The molecule has 0 atom stereocenters. The van der Waals surface area contributed by atoms with Gasteiger partial charge in [-0.1, -0.05) is 12.1 Å². The van der Waals surface area contributed by atoms with Crippen LogP contribution in [0.3, 0.4) is 0 Å². The van der Waals surface area contributed by atoms with Gasteiger partial charge in [0.2, 0.25) is 0 Å². The number of piperazine rings is 1. The zero-order chi connectivity index (χ0) is 16.9. The van der Waals surface area contributed by atoms with Crippen molar-refractivity contribution in [3.05, 3.63) is 65.1 Å². The predicted molar refractivity (Wildman–Crippen MR) is 89.6 cm³/mol. The Kier molecular flexibility index (Phi) is 4.96. The summed E-state index contributed by atoms with van der Waals surface area (Å²) in [4.78, 5) is 16.5. The van der Waals surface area contributed by atoms with Gasteiger partial charge in [0.05, 0.1) is 7.11 Å². The lowest BCUT2D eigenvalue weighted by Crippen LogP contribution is -2.50. The Morgan fingerprint density at radius 3 is 2.67 bits per heavy atom. The SMILES string of the molecule is COc1cccc(CN2CCN(C(=O)c3cccc[n+]3[O-])CC2)c1. The molecule has 0 bridgehead atoms. The Balaban J connectivity index is 1.57. The van der Waals surface area contributed by atoms with Crippen molar-refractivity contribution in [3.8, 4) is 5.75 Å². The summed E-state index contributed by atoms with van der Waals surface area (Å²) >= 11 is 0. The van der Waals surface area contributed by atoms with Crippen LogP contribution in [0.1, 0.15) is 16.1 Å². The van der Waals surface area contributed by atoms with Crippen molar-refractivity contribution in [2.45, 2.75) is 6.54 Å². The molecule has 3 rings (SSSR count). The summed E-state index contributed by atoms with van der Waals surface area (Å²) in [5.74, 6) is 0.650. The number of amides is 1. The average Bonchev–Trinajstić information content (AvgIpc) is 2.62. The molecule has 6 heteroatoms. The van der Waals surface area contributed by atoms with Gasteiger partial charge in [-0.25, -0.2) is 0 Å². The summed E-state index contributed by atoms with van der Waals surface area (Å²) < 4.78 is 5.88. The lowest BCUT2D eigenvalue weighted by molar-refractivity contribution is -0.608. The van der Waals surface area contributed by atoms with Gasteiger partial charge in [0, 0.05) is 44.9 Å². The molecule has 0 unspecified atom stereocenters. The number of hydrogen-bond acceptors (Lipinski definition) is 4. The van der Waals surface area contributed by atoms with Crippen LogP contribution in [0, 0.1) is 5.21 Å². The van der Waals surface area contributed by atoms with Gasteiger partial charge in [0.15, 0.2) is 6.20 Å². The third kappa shape index (κ3) is 3.65. The third-order valence-electron chi connectivity index (χ3n) is 4.24. The van der Waals surface area contributed by atoms with E-state index in [1.54, 1.807) is 30.2 Å². The van der Waals surface area contributed by atoms with Gasteiger partial charge in [-0.3, -0.25) is 9.69 Å². The molecule has 0 spiro atoms. The van der Waals surface area contributed by atoms with E-state index in [-0.39, 0.29) is 11.6 Å². The largest absolute Gasteiger partial charge is 0.618 e. The number of rotatable bonds is 4. The maximum absolute atomic E-state index is 12.4. The molecule has 1 amide bonds. The van der Waals surface area contributed by atoms with Gasteiger partial charge in [-0.05, 0) is 23.8 Å². The quantitative estimate of drug-likeness (QED) is 0.627. The number of carbonyl (C=O) groups excluding carboxylic acids is 1. The summed E-state index contributed by atoms with van der Waals surface area (Å²) in [5.41, 5.74) is 1.37. The van der Waals surface area contributed by atoms with Crippen LogP contribution >= 0.6 is 0 Å². The van der Waals surface area contributed by atoms with E-state index in [4.69, 9.17) is 4.74 Å². The zero-order valence-electron chi connectivity index (χ0n) is 13.7. The summed E-state index contributed by atoms with van der Waals surface area (Å²) in [6.45, 7) is 3.64. The van der Waals surface area contributed by atoms with Gasteiger partial charge >= 0.3 is 5.91 Å². The van der Waals surface area contributed by atoms with Gasteiger partial charge in [0.1, 0.15) is 5.75 Å². The van der Waals surface area contributed by atoms with E-state index in [0.717, 1.165) is 25.4 Å². The lowest BCUT2D eigenvalue weighted by Gasteiger charge is -2.34. The van der Waals surface area contributed by atoms with E-state index in [2.05, 4.69) is 11.0 Å². The molecule has 0 aliphatic carbocycles. The second-order valence-electron chi connectivity index (χ2n) is 5.83. The molecule has 0 saturated carbocycles. The summed E-state index contributed by atoms with van der Waals surface area (Å²) in [7, 11) is 1.66. The van der Waals surface area contributed by atoms with Gasteiger partial charge in [-0.15, -0.1) is 0 Å². The van der Waals surface area contributed by atoms with Crippen LogP contribution in [0.2, 0.25) is 0 Å². The first kappa shape index (κ1) is 16.3. The Morgan fingerprint density at radius 1 is 1.17 bits per heavy atom. The van der Waals surface area contributed by atoms with Crippen molar-refractivity contribution in [2.75, 3.05) is 33.3 Å². The highest BCUT2D eigenvalue weighted by Gasteiger charge is 2.26. The molecular weight excluding hydrogens is 306 g/mol. The molecule has 0 N–H and O–H groups in total. The van der Waals surface area contributed by atoms with Gasteiger partial charge in [-0.2, -0.15) is 4.73 Å². The molecule has 2 aromatic rings. The minimum Gasteiger partial charge on any atom is -0.618 e. The summed E-state index contributed by atoms with van der Waals surface area (Å²) in [5, 5.41) is 11.7. The summed E-state index contributed by atoms with van der Waals surface area (Å²) in [6.07, 6.45) is 1.35. The number of ether oxygens (including phenoxy) is 1. The highest BCUT2D eigenvalue weighted by molar-refractivity contribution is 5.91. The molecule has 0 radical (unpaired) electrons. The van der Waals surface area contributed by atoms with Crippen LogP contribution in [-0.2, 0) is 6.54 Å². The first-order valence-electron chi connectivity index (χ1n) is 8.00. The van der Waals surface area contributed by atoms with Crippen molar-refractivity contribution in [1.29, 1.82) is 0 Å². The molecule has 1 aromatic heterocycles. The third-order valence-corrected chi connectivity index (χ3v) is 4.24. The van der Waals surface area contributed by atoms with E-state index >= 15 is 0 Å². The Hall–Kier alpha value is -2.60. The number of nitrogens with zero attached hydrogens (tertiary/aromatic N) is 3. The van der Waals surface area contributed by atoms with Crippen LogP contribution in [0.15, 0.2) is 48.7 Å². The van der Waals surface area contributed by atoms with Crippen molar-refractivity contribution in [1.82, 2.24) is 9.80 Å². The molecule has 1 aromatic carbocycles. The van der Waals surface area contributed by atoms with Gasteiger partial charge < -0.3 is 14.8 Å². The Morgan fingerprint density at radius 2 is 1.96 bits per heavy atom. The summed E-state index contributed by atoms with van der Waals surface area (Å²) in [6, 6.07) is 12.9. The van der Waals surface area contributed by atoms with Crippen LogP contribution in [0.5, 0.6) is 5.75 Å². The van der Waals surface area contributed by atoms with Gasteiger partial charge in [0.25, 0.3) is 5.69 Å². The lowest BCUT2D eigenvalue weighted by atomic mass is 10.2. The van der Waals surface area contributed by atoms with E-state index in [1.807, 2.05) is 18.2 Å². The Labute approximate surface area is 141 Å². The number of methoxy groups -OCH3 is 1. The number of hydrogen-bond donors (Lipinski definition) is 0. The molecule has 1 aliphatic rings. The first-order chi connectivity index (χ1) is 11.7. The molecule has 1 saturated heterocycles. The first-order valence-corrected chi connectivity index (χ1v) is 8.00. The monoisotopic (exact) mass is 327 g/mol. The van der Waals surface area contributed by atoms with Crippen molar-refractivity contribution >= 4 is 5.91 Å². The van der Waals surface area contributed by atoms with E-state index in [0.29, 0.717) is 17.8 Å². The molecule has 1 fully saturated rings. The van der Waals surface area contributed by atoms with Crippen LogP contribution in [0.4, 0.5) is 0 Å². The van der Waals surface area contributed by atoms with E-state index in [9.17, 15) is 10.0 Å². The zero-order valence-corrected chi connectivity index (χ0v) is 13.7. The normalized spacial score (nSPS) is 15.3. The predicted octanol–water partition coefficient (Wildman–Crippen LogP) is 1.29. The van der Waals surface area contributed by atoms with Crippen LogP contribution in [-0.4, -0.2) is 49.0 Å². The fourth-order valence-corrected chi connectivity index (χ4v) is 2.89.